The van der Waals surface area contributed by atoms with E-state index in [-0.39, 0.29) is 36.6 Å². The van der Waals surface area contributed by atoms with Gasteiger partial charge in [-0.15, -0.1) is 24.8 Å². The Bertz CT molecular complexity index is 677. The molecule has 1 unspecified atom stereocenters. The number of carbonyl (C=O) groups excluding carboxylic acids is 2. The van der Waals surface area contributed by atoms with E-state index in [0.29, 0.717) is 12.8 Å². The van der Waals surface area contributed by atoms with Crippen molar-refractivity contribution in [3.05, 3.63) is 24.3 Å². The summed E-state index contributed by atoms with van der Waals surface area (Å²) in [4.78, 5) is 27.6. The fourth-order valence-corrected chi connectivity index (χ4v) is 3.75. The zero-order chi connectivity index (χ0) is 19.3. The number of benzene rings is 1. The number of amides is 2. The van der Waals surface area contributed by atoms with Gasteiger partial charge >= 0.3 is 0 Å². The van der Waals surface area contributed by atoms with E-state index in [9.17, 15) is 9.59 Å². The number of hydrogen-bond acceptors (Lipinski definition) is 5. The van der Waals surface area contributed by atoms with Crippen molar-refractivity contribution in [2.24, 2.45) is 0 Å². The maximum atomic E-state index is 12.7. The van der Waals surface area contributed by atoms with E-state index in [1.54, 1.807) is 14.0 Å². The smallest absolute Gasteiger partial charge is 0.252 e. The third kappa shape index (κ3) is 6.22. The molecule has 2 aliphatic rings. The number of anilines is 2. The first-order valence-corrected chi connectivity index (χ1v) is 9.77. The van der Waals surface area contributed by atoms with E-state index < -0.39 is 11.6 Å². The van der Waals surface area contributed by atoms with Gasteiger partial charge in [-0.05, 0) is 63.9 Å². The lowest BCUT2D eigenvalue weighted by atomic mass is 9.91. The van der Waals surface area contributed by atoms with Crippen molar-refractivity contribution >= 4 is 48.0 Å². The lowest BCUT2D eigenvalue weighted by Gasteiger charge is -2.35. The third-order valence-corrected chi connectivity index (χ3v) is 5.54. The number of rotatable bonds is 6. The fourth-order valence-electron chi connectivity index (χ4n) is 3.75. The van der Waals surface area contributed by atoms with Gasteiger partial charge in [0.15, 0.2) is 0 Å². The van der Waals surface area contributed by atoms with Crippen LogP contribution in [-0.2, 0) is 14.3 Å². The van der Waals surface area contributed by atoms with Crippen LogP contribution in [0.5, 0.6) is 0 Å². The SMILES string of the molecule is COC1(C(=O)NC(C)C(=O)Nc2cccc(N3CCCC3)c2)CCNCC1.Cl.Cl. The predicted octanol–water partition coefficient (Wildman–Crippen LogP) is 2.34. The Morgan fingerprint density at radius 1 is 1.17 bits per heavy atom. The van der Waals surface area contributed by atoms with Crippen LogP contribution in [0.1, 0.15) is 32.6 Å². The monoisotopic (exact) mass is 446 g/mol. The molecular weight excluding hydrogens is 415 g/mol. The van der Waals surface area contributed by atoms with Crippen LogP contribution >= 0.6 is 24.8 Å². The molecule has 1 atom stereocenters. The fraction of sp³-hybridized carbons (Fsp3) is 0.600. The average molecular weight is 447 g/mol. The normalized spacial score (nSPS) is 18.8. The van der Waals surface area contributed by atoms with Gasteiger partial charge in [0.2, 0.25) is 5.91 Å². The Labute approximate surface area is 185 Å². The highest BCUT2D eigenvalue weighted by Crippen LogP contribution is 2.24. The molecule has 0 radical (unpaired) electrons. The molecule has 9 heteroatoms. The Morgan fingerprint density at radius 3 is 2.45 bits per heavy atom. The maximum Gasteiger partial charge on any atom is 0.252 e. The molecular formula is C20H32Cl2N4O3. The van der Waals surface area contributed by atoms with Crippen molar-refractivity contribution in [1.29, 1.82) is 0 Å². The van der Waals surface area contributed by atoms with Gasteiger partial charge in [0.1, 0.15) is 11.6 Å². The van der Waals surface area contributed by atoms with E-state index >= 15 is 0 Å². The predicted molar refractivity (Wildman–Crippen MR) is 120 cm³/mol. The topological polar surface area (TPSA) is 82.7 Å². The van der Waals surface area contributed by atoms with E-state index in [1.807, 2.05) is 18.2 Å². The number of carbonyl (C=O) groups is 2. The molecule has 0 aliphatic carbocycles. The summed E-state index contributed by atoms with van der Waals surface area (Å²) in [5, 5.41) is 8.95. The zero-order valence-electron chi connectivity index (χ0n) is 17.0. The first-order chi connectivity index (χ1) is 13.0. The second kappa shape index (κ2) is 11.6. The second-order valence-corrected chi connectivity index (χ2v) is 7.38. The van der Waals surface area contributed by atoms with Crippen molar-refractivity contribution in [2.75, 3.05) is 43.5 Å². The van der Waals surface area contributed by atoms with Crippen LogP contribution in [0.3, 0.4) is 0 Å². The molecule has 2 aliphatic heterocycles. The van der Waals surface area contributed by atoms with Gasteiger partial charge in [0.25, 0.3) is 5.91 Å². The summed E-state index contributed by atoms with van der Waals surface area (Å²) >= 11 is 0. The summed E-state index contributed by atoms with van der Waals surface area (Å²) < 4.78 is 5.52. The lowest BCUT2D eigenvalue weighted by molar-refractivity contribution is -0.148. The molecule has 2 amide bonds. The van der Waals surface area contributed by atoms with Crippen LogP contribution in [0.2, 0.25) is 0 Å². The summed E-state index contributed by atoms with van der Waals surface area (Å²) in [5.41, 5.74) is 1.01. The van der Waals surface area contributed by atoms with Gasteiger partial charge in [-0.3, -0.25) is 9.59 Å². The maximum absolute atomic E-state index is 12.7. The number of nitrogens with zero attached hydrogens (tertiary/aromatic N) is 1. The van der Waals surface area contributed by atoms with Gasteiger partial charge in [-0.2, -0.15) is 0 Å². The standard InChI is InChI=1S/C20H30N4O3.2ClH/c1-15(22-19(26)20(27-2)8-10-21-11-9-20)18(25)23-16-6-5-7-17(14-16)24-12-3-4-13-24;;/h5-7,14-15,21H,3-4,8-13H2,1-2H3,(H,22,26)(H,23,25);2*1H. The highest BCUT2D eigenvalue weighted by atomic mass is 35.5. The number of ether oxygens (including phenoxy) is 1. The van der Waals surface area contributed by atoms with Gasteiger partial charge < -0.3 is 25.6 Å². The summed E-state index contributed by atoms with van der Waals surface area (Å²) in [6.07, 6.45) is 3.61. The second-order valence-electron chi connectivity index (χ2n) is 7.38. The summed E-state index contributed by atoms with van der Waals surface area (Å²) in [6, 6.07) is 7.22. The molecule has 1 aromatic rings. The van der Waals surface area contributed by atoms with E-state index in [4.69, 9.17) is 4.74 Å². The number of methoxy groups -OCH3 is 1. The molecule has 29 heavy (non-hydrogen) atoms. The minimum atomic E-state index is -0.852. The largest absolute Gasteiger partial charge is 0.371 e. The van der Waals surface area contributed by atoms with Crippen molar-refractivity contribution in [3.63, 3.8) is 0 Å². The first kappa shape index (κ1) is 25.5. The molecule has 0 spiro atoms. The first-order valence-electron chi connectivity index (χ1n) is 9.77. The molecule has 2 saturated heterocycles. The summed E-state index contributed by atoms with van der Waals surface area (Å²) in [5.74, 6) is -0.456. The van der Waals surface area contributed by atoms with Crippen LogP contribution in [0.15, 0.2) is 24.3 Å². The van der Waals surface area contributed by atoms with Crippen molar-refractivity contribution in [1.82, 2.24) is 10.6 Å². The van der Waals surface area contributed by atoms with Crippen LogP contribution in [0.25, 0.3) is 0 Å². The van der Waals surface area contributed by atoms with Crippen molar-refractivity contribution < 1.29 is 14.3 Å². The molecule has 0 aromatic heterocycles. The minimum Gasteiger partial charge on any atom is -0.371 e. The van der Waals surface area contributed by atoms with Gasteiger partial charge in [0, 0.05) is 31.6 Å². The lowest BCUT2D eigenvalue weighted by Crippen LogP contribution is -2.57. The molecule has 7 nitrogen and oxygen atoms in total. The van der Waals surface area contributed by atoms with Crippen LogP contribution in [0, 0.1) is 0 Å². The quantitative estimate of drug-likeness (QED) is 0.624. The van der Waals surface area contributed by atoms with Gasteiger partial charge in [-0.25, -0.2) is 0 Å². The average Bonchev–Trinajstić information content (AvgIpc) is 3.23. The van der Waals surface area contributed by atoms with Gasteiger partial charge in [0.05, 0.1) is 0 Å². The number of piperidine rings is 1. The van der Waals surface area contributed by atoms with E-state index in [0.717, 1.165) is 37.6 Å². The highest BCUT2D eigenvalue weighted by molar-refractivity contribution is 5.98. The molecule has 3 rings (SSSR count). The Kier molecular flexibility index (Phi) is 10.2. The number of hydrogen-bond donors (Lipinski definition) is 3. The molecule has 0 bridgehead atoms. The van der Waals surface area contributed by atoms with Gasteiger partial charge in [-0.1, -0.05) is 6.07 Å². The van der Waals surface area contributed by atoms with E-state index in [2.05, 4.69) is 26.9 Å². The molecule has 1 aromatic carbocycles. The third-order valence-electron chi connectivity index (χ3n) is 5.54. The molecule has 2 fully saturated rings. The van der Waals surface area contributed by atoms with Crippen molar-refractivity contribution in [3.8, 4) is 0 Å². The minimum absolute atomic E-state index is 0. The Hall–Kier alpha value is -1.54. The summed E-state index contributed by atoms with van der Waals surface area (Å²) in [7, 11) is 1.56. The Morgan fingerprint density at radius 2 is 1.83 bits per heavy atom. The van der Waals surface area contributed by atoms with Crippen LogP contribution in [-0.4, -0.2) is 56.7 Å². The number of nitrogens with one attached hydrogen (secondary N) is 3. The van der Waals surface area contributed by atoms with Crippen molar-refractivity contribution in [2.45, 2.75) is 44.2 Å². The highest BCUT2D eigenvalue weighted by Gasteiger charge is 2.40. The van der Waals surface area contributed by atoms with E-state index in [1.165, 1.54) is 12.8 Å². The zero-order valence-corrected chi connectivity index (χ0v) is 18.7. The van der Waals surface area contributed by atoms with Crippen LogP contribution in [0.4, 0.5) is 11.4 Å². The molecule has 3 N–H and O–H groups in total. The molecule has 2 heterocycles. The number of halogens is 2. The summed E-state index contributed by atoms with van der Waals surface area (Å²) in [6.45, 7) is 5.26. The molecule has 164 valence electrons. The van der Waals surface area contributed by atoms with Crippen LogP contribution < -0.4 is 20.9 Å². The molecule has 0 saturated carbocycles. The Balaban J connectivity index is 0.00000210.